The molecule has 4 heteroatoms. The minimum absolute atomic E-state index is 0. The topological polar surface area (TPSA) is 38.1 Å². The lowest BCUT2D eigenvalue weighted by molar-refractivity contribution is 0.476. The van der Waals surface area contributed by atoms with Gasteiger partial charge in [-0.3, -0.25) is 4.57 Å². The maximum atomic E-state index is 9.48. The molecule has 1 N–H and O–H groups in total. The number of hydrogen-bond donors (Lipinski definition) is 1. The fourth-order valence-electron chi connectivity index (χ4n) is 1.79. The molecule has 0 amide bonds. The Labute approximate surface area is 105 Å². The number of imidazole rings is 1. The molecule has 0 spiro atoms. The van der Waals surface area contributed by atoms with Crippen LogP contribution in [0.3, 0.4) is 0 Å². The minimum atomic E-state index is 0. The highest BCUT2D eigenvalue weighted by Crippen LogP contribution is 2.21. The summed E-state index contributed by atoms with van der Waals surface area (Å²) in [4.78, 5) is 4.29. The van der Waals surface area contributed by atoms with Crippen molar-refractivity contribution in [2.24, 2.45) is 0 Å². The number of aromatic nitrogens is 2. The Bertz CT molecular complexity index is 634. The van der Waals surface area contributed by atoms with E-state index in [4.69, 9.17) is 0 Å². The van der Waals surface area contributed by atoms with E-state index >= 15 is 0 Å². The van der Waals surface area contributed by atoms with Crippen LogP contribution in [0.4, 0.5) is 0 Å². The van der Waals surface area contributed by atoms with E-state index < -0.39 is 0 Å². The first-order valence-corrected chi connectivity index (χ1v) is 5.06. The normalized spacial score (nSPS) is 10.1. The van der Waals surface area contributed by atoms with Gasteiger partial charge in [0.05, 0.1) is 11.0 Å². The SMILES string of the molecule is Cl.Oc1ccc2ncn(-c3ccccc3)c2c1. The average Bonchev–Trinajstić information content (AvgIpc) is 2.73. The maximum absolute atomic E-state index is 9.48. The van der Waals surface area contributed by atoms with Crippen molar-refractivity contribution in [3.8, 4) is 11.4 Å². The van der Waals surface area contributed by atoms with Gasteiger partial charge in [0.15, 0.2) is 0 Å². The van der Waals surface area contributed by atoms with Crippen LogP contribution in [0.5, 0.6) is 5.75 Å². The van der Waals surface area contributed by atoms with Crippen molar-refractivity contribution in [3.63, 3.8) is 0 Å². The highest BCUT2D eigenvalue weighted by atomic mass is 35.5. The molecule has 0 atom stereocenters. The smallest absolute Gasteiger partial charge is 0.117 e. The summed E-state index contributed by atoms with van der Waals surface area (Å²) in [5, 5.41) is 9.48. The molecule has 3 aromatic rings. The summed E-state index contributed by atoms with van der Waals surface area (Å²) >= 11 is 0. The zero-order chi connectivity index (χ0) is 11.0. The first-order valence-electron chi connectivity index (χ1n) is 5.06. The van der Waals surface area contributed by atoms with Crippen LogP contribution in [0.15, 0.2) is 54.9 Å². The van der Waals surface area contributed by atoms with E-state index in [1.807, 2.05) is 41.0 Å². The molecule has 0 fully saturated rings. The third-order valence-electron chi connectivity index (χ3n) is 2.57. The molecule has 17 heavy (non-hydrogen) atoms. The molecule has 86 valence electrons. The second-order valence-electron chi connectivity index (χ2n) is 3.62. The first kappa shape index (κ1) is 11.5. The summed E-state index contributed by atoms with van der Waals surface area (Å²) in [5.41, 5.74) is 2.82. The number of nitrogens with zero attached hydrogens (tertiary/aromatic N) is 2. The van der Waals surface area contributed by atoms with Gasteiger partial charge in [-0.1, -0.05) is 18.2 Å². The molecule has 0 saturated carbocycles. The molecule has 1 heterocycles. The molecule has 0 radical (unpaired) electrons. The largest absolute Gasteiger partial charge is 0.508 e. The zero-order valence-corrected chi connectivity index (χ0v) is 9.76. The summed E-state index contributed by atoms with van der Waals surface area (Å²) in [6, 6.07) is 15.1. The Balaban J connectivity index is 0.00000108. The monoisotopic (exact) mass is 246 g/mol. The number of aromatic hydroxyl groups is 1. The molecular formula is C13H11ClN2O. The summed E-state index contributed by atoms with van der Waals surface area (Å²) in [6.45, 7) is 0. The molecule has 1 aromatic heterocycles. The minimum Gasteiger partial charge on any atom is -0.508 e. The Hall–Kier alpha value is -2.00. The third kappa shape index (κ3) is 1.97. The maximum Gasteiger partial charge on any atom is 0.117 e. The van der Waals surface area contributed by atoms with Crippen LogP contribution in [-0.2, 0) is 0 Å². The van der Waals surface area contributed by atoms with Crippen molar-refractivity contribution in [1.82, 2.24) is 9.55 Å². The number of phenolic OH excluding ortho intramolecular Hbond substituents is 1. The first-order chi connectivity index (χ1) is 7.84. The Morgan fingerprint density at radius 2 is 1.76 bits per heavy atom. The second-order valence-corrected chi connectivity index (χ2v) is 3.62. The molecular weight excluding hydrogens is 236 g/mol. The predicted octanol–water partition coefficient (Wildman–Crippen LogP) is 3.15. The fraction of sp³-hybridized carbons (Fsp3) is 0. The zero-order valence-electron chi connectivity index (χ0n) is 8.95. The summed E-state index contributed by atoms with van der Waals surface area (Å²) in [7, 11) is 0. The third-order valence-corrected chi connectivity index (χ3v) is 2.57. The van der Waals surface area contributed by atoms with Gasteiger partial charge in [-0.25, -0.2) is 4.98 Å². The van der Waals surface area contributed by atoms with Gasteiger partial charge in [-0.15, -0.1) is 12.4 Å². The van der Waals surface area contributed by atoms with E-state index in [0.717, 1.165) is 16.7 Å². The van der Waals surface area contributed by atoms with Crippen LogP contribution in [0.1, 0.15) is 0 Å². The molecule has 3 rings (SSSR count). The van der Waals surface area contributed by atoms with Crippen LogP contribution in [0.2, 0.25) is 0 Å². The molecule has 0 aliphatic heterocycles. The van der Waals surface area contributed by atoms with E-state index in [-0.39, 0.29) is 18.2 Å². The van der Waals surface area contributed by atoms with Gasteiger partial charge in [-0.05, 0) is 24.3 Å². The average molecular weight is 247 g/mol. The Morgan fingerprint density at radius 1 is 1.00 bits per heavy atom. The van der Waals surface area contributed by atoms with Crippen molar-refractivity contribution >= 4 is 23.4 Å². The highest BCUT2D eigenvalue weighted by molar-refractivity contribution is 5.85. The van der Waals surface area contributed by atoms with Gasteiger partial charge in [0.1, 0.15) is 12.1 Å². The second kappa shape index (κ2) is 4.47. The fourth-order valence-corrected chi connectivity index (χ4v) is 1.79. The molecule has 2 aromatic carbocycles. The van der Waals surface area contributed by atoms with E-state index in [1.165, 1.54) is 0 Å². The molecule has 0 aliphatic rings. The lowest BCUT2D eigenvalue weighted by atomic mass is 10.2. The van der Waals surface area contributed by atoms with Gasteiger partial charge < -0.3 is 5.11 Å². The number of rotatable bonds is 1. The van der Waals surface area contributed by atoms with Crippen LogP contribution in [-0.4, -0.2) is 14.7 Å². The quantitative estimate of drug-likeness (QED) is 0.716. The van der Waals surface area contributed by atoms with Crippen LogP contribution < -0.4 is 0 Å². The lowest BCUT2D eigenvalue weighted by Gasteiger charge is -2.03. The summed E-state index contributed by atoms with van der Waals surface area (Å²) < 4.78 is 1.95. The van der Waals surface area contributed by atoms with Crippen LogP contribution in [0, 0.1) is 0 Å². The highest BCUT2D eigenvalue weighted by Gasteiger charge is 2.04. The van der Waals surface area contributed by atoms with Crippen molar-refractivity contribution < 1.29 is 5.11 Å². The number of para-hydroxylation sites is 1. The molecule has 0 aliphatic carbocycles. The van der Waals surface area contributed by atoms with Crippen molar-refractivity contribution in [1.29, 1.82) is 0 Å². The standard InChI is InChI=1S/C13H10N2O.ClH/c16-11-6-7-12-13(8-11)15(9-14-12)10-4-2-1-3-5-10;/h1-9,16H;1H. The molecule has 0 unspecified atom stereocenters. The Morgan fingerprint density at radius 3 is 2.53 bits per heavy atom. The van der Waals surface area contributed by atoms with Gasteiger partial charge in [-0.2, -0.15) is 0 Å². The van der Waals surface area contributed by atoms with E-state index in [9.17, 15) is 5.11 Å². The van der Waals surface area contributed by atoms with E-state index in [2.05, 4.69) is 4.98 Å². The number of fused-ring (bicyclic) bond motifs is 1. The van der Waals surface area contributed by atoms with Crippen molar-refractivity contribution in [2.75, 3.05) is 0 Å². The van der Waals surface area contributed by atoms with E-state index in [0.29, 0.717) is 0 Å². The number of phenols is 1. The molecule has 3 nitrogen and oxygen atoms in total. The van der Waals surface area contributed by atoms with Crippen LogP contribution >= 0.6 is 12.4 Å². The Kier molecular flexibility index (Phi) is 3.02. The number of halogens is 1. The van der Waals surface area contributed by atoms with E-state index in [1.54, 1.807) is 18.5 Å². The number of hydrogen-bond acceptors (Lipinski definition) is 2. The summed E-state index contributed by atoms with van der Waals surface area (Å²) in [5.74, 6) is 0.255. The van der Waals surface area contributed by atoms with Gasteiger partial charge >= 0.3 is 0 Å². The van der Waals surface area contributed by atoms with Gasteiger partial charge in [0.25, 0.3) is 0 Å². The molecule has 0 bridgehead atoms. The van der Waals surface area contributed by atoms with Gasteiger partial charge in [0.2, 0.25) is 0 Å². The molecule has 0 saturated heterocycles. The predicted molar refractivity (Wildman–Crippen MR) is 70.0 cm³/mol. The summed E-state index contributed by atoms with van der Waals surface area (Å²) in [6.07, 6.45) is 1.76. The lowest BCUT2D eigenvalue weighted by Crippen LogP contribution is -1.90. The number of benzene rings is 2. The van der Waals surface area contributed by atoms with Gasteiger partial charge in [0, 0.05) is 11.8 Å². The van der Waals surface area contributed by atoms with Crippen molar-refractivity contribution in [2.45, 2.75) is 0 Å². The van der Waals surface area contributed by atoms with Crippen LogP contribution in [0.25, 0.3) is 16.7 Å². The van der Waals surface area contributed by atoms with Crippen molar-refractivity contribution in [3.05, 3.63) is 54.9 Å².